The van der Waals surface area contributed by atoms with Crippen molar-refractivity contribution in [3.05, 3.63) is 64.2 Å². The van der Waals surface area contributed by atoms with E-state index in [0.717, 1.165) is 21.8 Å². The smallest absolute Gasteiger partial charge is 0.238 e. The second kappa shape index (κ2) is 7.43. The Kier molecular flexibility index (Phi) is 5.58. The van der Waals surface area contributed by atoms with Crippen molar-refractivity contribution in [2.24, 2.45) is 0 Å². The Morgan fingerprint density at radius 1 is 1.14 bits per heavy atom. The molecule has 0 unspecified atom stereocenters. The highest BCUT2D eigenvalue weighted by molar-refractivity contribution is 6.30. The summed E-state index contributed by atoms with van der Waals surface area (Å²) < 4.78 is 0. The molecule has 0 saturated carbocycles. The number of nitrogens with zero attached hydrogens (tertiary/aromatic N) is 1. The third-order valence-electron chi connectivity index (χ3n) is 3.66. The topological polar surface area (TPSA) is 32.3 Å². The van der Waals surface area contributed by atoms with Crippen LogP contribution in [0.3, 0.4) is 0 Å². The van der Waals surface area contributed by atoms with Crippen LogP contribution in [0.2, 0.25) is 5.02 Å². The Morgan fingerprint density at radius 3 is 2.50 bits per heavy atom. The minimum Gasteiger partial charge on any atom is -0.325 e. The van der Waals surface area contributed by atoms with Crippen LogP contribution in [0.4, 0.5) is 5.69 Å². The van der Waals surface area contributed by atoms with Gasteiger partial charge in [-0.25, -0.2) is 0 Å². The van der Waals surface area contributed by atoms with E-state index in [1.165, 1.54) is 5.56 Å². The number of hydrogen-bond acceptors (Lipinski definition) is 2. The molecule has 2 rings (SSSR count). The number of carbonyl (C=O) groups is 1. The van der Waals surface area contributed by atoms with E-state index >= 15 is 0 Å². The summed E-state index contributed by atoms with van der Waals surface area (Å²) in [7, 11) is 1.93. The van der Waals surface area contributed by atoms with Crippen molar-refractivity contribution in [2.75, 3.05) is 18.9 Å². The van der Waals surface area contributed by atoms with Crippen LogP contribution in [0.1, 0.15) is 16.7 Å². The van der Waals surface area contributed by atoms with Gasteiger partial charge in [-0.2, -0.15) is 0 Å². The zero-order chi connectivity index (χ0) is 16.1. The molecule has 0 saturated heterocycles. The molecule has 0 heterocycles. The minimum atomic E-state index is -0.00911. The van der Waals surface area contributed by atoms with Crippen LogP contribution in [0.5, 0.6) is 0 Å². The van der Waals surface area contributed by atoms with E-state index in [4.69, 9.17) is 11.6 Å². The summed E-state index contributed by atoms with van der Waals surface area (Å²) in [6, 6.07) is 13.6. The molecule has 0 fully saturated rings. The van der Waals surface area contributed by atoms with Crippen molar-refractivity contribution in [2.45, 2.75) is 20.4 Å². The summed E-state index contributed by atoms with van der Waals surface area (Å²) >= 11 is 5.87. The lowest BCUT2D eigenvalue weighted by atomic mass is 10.1. The Balaban J connectivity index is 1.91. The van der Waals surface area contributed by atoms with Crippen molar-refractivity contribution < 1.29 is 4.79 Å². The fourth-order valence-electron chi connectivity index (χ4n) is 2.28. The van der Waals surface area contributed by atoms with E-state index in [1.54, 1.807) is 0 Å². The third-order valence-corrected chi connectivity index (χ3v) is 3.91. The molecule has 1 N–H and O–H groups in total. The summed E-state index contributed by atoms with van der Waals surface area (Å²) in [4.78, 5) is 14.1. The molecule has 0 radical (unpaired) electrons. The van der Waals surface area contributed by atoms with Crippen LogP contribution in [0.15, 0.2) is 42.5 Å². The number of rotatable bonds is 5. The minimum absolute atomic E-state index is 0.00911. The number of aryl methyl sites for hydroxylation is 1. The molecule has 0 atom stereocenters. The molecular weight excluding hydrogens is 296 g/mol. The first-order valence-corrected chi connectivity index (χ1v) is 7.62. The number of carbonyl (C=O) groups excluding carboxylic acids is 1. The number of likely N-dealkylation sites (N-methyl/N-ethyl adjacent to an activating group) is 1. The van der Waals surface area contributed by atoms with Crippen LogP contribution in [-0.4, -0.2) is 24.4 Å². The molecule has 2 aromatic rings. The zero-order valence-electron chi connectivity index (χ0n) is 13.2. The van der Waals surface area contributed by atoms with Gasteiger partial charge in [-0.15, -0.1) is 0 Å². The van der Waals surface area contributed by atoms with Gasteiger partial charge in [-0.1, -0.05) is 35.9 Å². The average Bonchev–Trinajstić information content (AvgIpc) is 2.46. The van der Waals surface area contributed by atoms with Crippen molar-refractivity contribution in [3.8, 4) is 0 Å². The third kappa shape index (κ3) is 4.58. The van der Waals surface area contributed by atoms with Gasteiger partial charge in [0.25, 0.3) is 0 Å². The number of benzene rings is 2. The van der Waals surface area contributed by atoms with Gasteiger partial charge in [0, 0.05) is 17.3 Å². The maximum absolute atomic E-state index is 12.2. The van der Waals surface area contributed by atoms with E-state index in [1.807, 2.05) is 68.3 Å². The van der Waals surface area contributed by atoms with Gasteiger partial charge in [-0.3, -0.25) is 9.69 Å². The maximum Gasteiger partial charge on any atom is 0.238 e. The fraction of sp³-hybridized carbons (Fsp3) is 0.278. The lowest BCUT2D eigenvalue weighted by Gasteiger charge is -2.17. The van der Waals surface area contributed by atoms with Gasteiger partial charge >= 0.3 is 0 Å². The van der Waals surface area contributed by atoms with Gasteiger partial charge in [0.2, 0.25) is 5.91 Å². The number of halogens is 1. The highest BCUT2D eigenvalue weighted by Gasteiger charge is 2.09. The predicted molar refractivity (Wildman–Crippen MR) is 92.3 cm³/mol. The lowest BCUT2D eigenvalue weighted by Crippen LogP contribution is -2.30. The monoisotopic (exact) mass is 316 g/mol. The summed E-state index contributed by atoms with van der Waals surface area (Å²) in [5.74, 6) is -0.00911. The summed E-state index contributed by atoms with van der Waals surface area (Å²) in [6.07, 6.45) is 0. The molecule has 1 amide bonds. The molecule has 0 aliphatic heterocycles. The quantitative estimate of drug-likeness (QED) is 0.903. The highest BCUT2D eigenvalue weighted by Crippen LogP contribution is 2.18. The molecule has 0 aliphatic carbocycles. The first kappa shape index (κ1) is 16.5. The molecule has 0 aliphatic rings. The normalized spacial score (nSPS) is 10.8. The first-order valence-electron chi connectivity index (χ1n) is 7.25. The molecular formula is C18H21ClN2O. The zero-order valence-corrected chi connectivity index (χ0v) is 13.9. The first-order chi connectivity index (χ1) is 10.5. The van der Waals surface area contributed by atoms with Crippen LogP contribution >= 0.6 is 11.6 Å². The molecule has 0 bridgehead atoms. The van der Waals surface area contributed by atoms with E-state index in [-0.39, 0.29) is 5.91 Å². The molecule has 116 valence electrons. The highest BCUT2D eigenvalue weighted by atomic mass is 35.5. The van der Waals surface area contributed by atoms with E-state index in [2.05, 4.69) is 5.32 Å². The van der Waals surface area contributed by atoms with Crippen molar-refractivity contribution >= 4 is 23.2 Å². The second-order valence-corrected chi connectivity index (χ2v) is 6.03. The van der Waals surface area contributed by atoms with Crippen molar-refractivity contribution in [3.63, 3.8) is 0 Å². The number of nitrogens with one attached hydrogen (secondary N) is 1. The number of anilines is 1. The van der Waals surface area contributed by atoms with Gasteiger partial charge in [0.15, 0.2) is 0 Å². The lowest BCUT2D eigenvalue weighted by molar-refractivity contribution is -0.117. The number of hydrogen-bond donors (Lipinski definition) is 1. The Bertz CT molecular complexity index is 653. The molecule has 2 aromatic carbocycles. The maximum atomic E-state index is 12.2. The van der Waals surface area contributed by atoms with Gasteiger partial charge in [0.1, 0.15) is 0 Å². The second-order valence-electron chi connectivity index (χ2n) is 5.59. The molecule has 4 heteroatoms. The Hall–Kier alpha value is -1.84. The van der Waals surface area contributed by atoms with E-state index in [0.29, 0.717) is 13.1 Å². The van der Waals surface area contributed by atoms with Gasteiger partial charge < -0.3 is 5.32 Å². The molecule has 22 heavy (non-hydrogen) atoms. The fourth-order valence-corrected chi connectivity index (χ4v) is 2.40. The van der Waals surface area contributed by atoms with Gasteiger partial charge in [0.05, 0.1) is 6.54 Å². The number of amides is 1. The van der Waals surface area contributed by atoms with Crippen molar-refractivity contribution in [1.82, 2.24) is 4.90 Å². The Morgan fingerprint density at radius 2 is 1.82 bits per heavy atom. The van der Waals surface area contributed by atoms with Crippen molar-refractivity contribution in [1.29, 1.82) is 0 Å². The van der Waals surface area contributed by atoms with Gasteiger partial charge in [-0.05, 0) is 55.8 Å². The van der Waals surface area contributed by atoms with Crippen LogP contribution in [-0.2, 0) is 11.3 Å². The Labute approximate surface area is 136 Å². The molecule has 3 nitrogen and oxygen atoms in total. The van der Waals surface area contributed by atoms with Crippen LogP contribution in [0, 0.1) is 13.8 Å². The largest absolute Gasteiger partial charge is 0.325 e. The standard InChI is InChI=1S/C18H21ClN2O/c1-13-5-4-6-17(14(13)2)20-18(22)12-21(3)11-15-7-9-16(19)10-8-15/h4-10H,11-12H2,1-3H3,(H,20,22). The van der Waals surface area contributed by atoms with E-state index in [9.17, 15) is 4.79 Å². The average molecular weight is 317 g/mol. The molecule has 0 aromatic heterocycles. The van der Waals surface area contributed by atoms with Crippen LogP contribution < -0.4 is 5.32 Å². The SMILES string of the molecule is Cc1cccc(NC(=O)CN(C)Cc2ccc(Cl)cc2)c1C. The summed E-state index contributed by atoms with van der Waals surface area (Å²) in [6.45, 7) is 5.10. The summed E-state index contributed by atoms with van der Waals surface area (Å²) in [5.41, 5.74) is 4.29. The van der Waals surface area contributed by atoms with E-state index < -0.39 is 0 Å². The van der Waals surface area contributed by atoms with Crippen LogP contribution in [0.25, 0.3) is 0 Å². The summed E-state index contributed by atoms with van der Waals surface area (Å²) in [5, 5.41) is 3.70. The predicted octanol–water partition coefficient (Wildman–Crippen LogP) is 4.03. The molecule has 0 spiro atoms.